The van der Waals surface area contributed by atoms with E-state index in [9.17, 15) is 4.79 Å². The van der Waals surface area contributed by atoms with Gasteiger partial charge in [-0.2, -0.15) is 0 Å². The fraction of sp³-hybridized carbons (Fsp3) is 0.708. The lowest BCUT2D eigenvalue weighted by atomic mass is 9.49. The SMILES string of the molecule is O=C(CC12CC3CC(CC(C3)C1)C2)N1CCCCC(c2ccccc2)C1. The van der Waals surface area contributed by atoms with Crippen molar-refractivity contribution in [2.45, 2.75) is 70.1 Å². The third kappa shape index (κ3) is 3.21. The summed E-state index contributed by atoms with van der Waals surface area (Å²) in [6, 6.07) is 10.9. The molecule has 6 rings (SSSR count). The summed E-state index contributed by atoms with van der Waals surface area (Å²) in [4.78, 5) is 15.6. The molecule has 1 aromatic carbocycles. The Bertz CT molecular complexity index is 616. The first kappa shape index (κ1) is 16.8. The molecular formula is C24H33NO. The number of amides is 1. The molecule has 0 N–H and O–H groups in total. The van der Waals surface area contributed by atoms with Crippen LogP contribution in [0.1, 0.15) is 75.7 Å². The van der Waals surface area contributed by atoms with Crippen LogP contribution in [0.15, 0.2) is 30.3 Å². The molecule has 2 nitrogen and oxygen atoms in total. The molecule has 1 heterocycles. The number of benzene rings is 1. The molecule has 1 unspecified atom stereocenters. The van der Waals surface area contributed by atoms with Gasteiger partial charge in [0, 0.05) is 25.4 Å². The minimum atomic E-state index is 0.375. The van der Waals surface area contributed by atoms with Gasteiger partial charge < -0.3 is 4.90 Å². The molecule has 0 radical (unpaired) electrons. The Morgan fingerprint density at radius 2 is 1.62 bits per heavy atom. The van der Waals surface area contributed by atoms with Crippen molar-refractivity contribution in [3.63, 3.8) is 0 Å². The lowest BCUT2D eigenvalue weighted by molar-refractivity contribution is -0.139. The van der Waals surface area contributed by atoms with Crippen molar-refractivity contribution >= 4 is 5.91 Å². The van der Waals surface area contributed by atoms with Crippen LogP contribution in [0.2, 0.25) is 0 Å². The molecule has 1 aliphatic heterocycles. The molecule has 1 atom stereocenters. The van der Waals surface area contributed by atoms with Crippen LogP contribution >= 0.6 is 0 Å². The van der Waals surface area contributed by atoms with Gasteiger partial charge in [-0.25, -0.2) is 0 Å². The number of carbonyl (C=O) groups excluding carboxylic acids is 1. The van der Waals surface area contributed by atoms with Crippen molar-refractivity contribution in [1.29, 1.82) is 0 Å². The van der Waals surface area contributed by atoms with Crippen LogP contribution in [-0.4, -0.2) is 23.9 Å². The summed E-state index contributed by atoms with van der Waals surface area (Å²) in [6.45, 7) is 1.92. The predicted molar refractivity (Wildman–Crippen MR) is 105 cm³/mol. The second-order valence-electron chi connectivity index (χ2n) is 10.0. The molecule has 5 fully saturated rings. The highest BCUT2D eigenvalue weighted by Gasteiger charge is 2.51. The second kappa shape index (κ2) is 6.69. The number of nitrogens with zero attached hydrogens (tertiary/aromatic N) is 1. The average molecular weight is 352 g/mol. The molecule has 4 saturated carbocycles. The first-order valence-electron chi connectivity index (χ1n) is 11.0. The third-order valence-electron chi connectivity index (χ3n) is 7.99. The van der Waals surface area contributed by atoms with Crippen LogP contribution in [0, 0.1) is 23.2 Å². The molecule has 4 aliphatic carbocycles. The highest BCUT2D eigenvalue weighted by molar-refractivity contribution is 5.77. The van der Waals surface area contributed by atoms with Gasteiger partial charge in [-0.15, -0.1) is 0 Å². The zero-order chi connectivity index (χ0) is 17.6. The van der Waals surface area contributed by atoms with Crippen LogP contribution in [0.4, 0.5) is 0 Å². The van der Waals surface area contributed by atoms with E-state index in [0.29, 0.717) is 17.2 Å². The van der Waals surface area contributed by atoms with E-state index in [-0.39, 0.29) is 0 Å². The molecule has 4 bridgehead atoms. The highest BCUT2D eigenvalue weighted by atomic mass is 16.2. The molecule has 0 spiro atoms. The first-order chi connectivity index (χ1) is 12.7. The lowest BCUT2D eigenvalue weighted by Gasteiger charge is -2.57. The van der Waals surface area contributed by atoms with Gasteiger partial charge in [0.05, 0.1) is 0 Å². The molecule has 1 saturated heterocycles. The standard InChI is InChI=1S/C24H33NO/c26-23(16-24-13-18-10-19(14-24)12-20(11-18)15-24)25-9-5-4-8-22(17-25)21-6-2-1-3-7-21/h1-3,6-7,18-20,22H,4-5,8-17H2. The largest absolute Gasteiger partial charge is 0.342 e. The van der Waals surface area contributed by atoms with Gasteiger partial charge in [0.2, 0.25) is 5.91 Å². The minimum Gasteiger partial charge on any atom is -0.342 e. The van der Waals surface area contributed by atoms with Gasteiger partial charge in [-0.1, -0.05) is 36.8 Å². The zero-order valence-electron chi connectivity index (χ0n) is 16.0. The van der Waals surface area contributed by atoms with Crippen LogP contribution < -0.4 is 0 Å². The quantitative estimate of drug-likeness (QED) is 0.715. The molecular weight excluding hydrogens is 318 g/mol. The van der Waals surface area contributed by atoms with E-state index in [1.807, 2.05) is 0 Å². The van der Waals surface area contributed by atoms with Crippen molar-refractivity contribution in [1.82, 2.24) is 4.90 Å². The maximum absolute atomic E-state index is 13.3. The summed E-state index contributed by atoms with van der Waals surface area (Å²) in [6.07, 6.45) is 12.9. The molecule has 0 aromatic heterocycles. The van der Waals surface area contributed by atoms with E-state index in [1.165, 1.54) is 63.4 Å². The van der Waals surface area contributed by atoms with Crippen LogP contribution in [0.25, 0.3) is 0 Å². The highest BCUT2D eigenvalue weighted by Crippen LogP contribution is 2.61. The van der Waals surface area contributed by atoms with Crippen LogP contribution in [0.3, 0.4) is 0 Å². The second-order valence-corrected chi connectivity index (χ2v) is 10.0. The fourth-order valence-corrected chi connectivity index (χ4v) is 7.30. The van der Waals surface area contributed by atoms with E-state index in [0.717, 1.165) is 37.3 Å². The Morgan fingerprint density at radius 1 is 0.962 bits per heavy atom. The normalized spacial score (nSPS) is 39.0. The molecule has 140 valence electrons. The van der Waals surface area contributed by atoms with Crippen molar-refractivity contribution in [3.05, 3.63) is 35.9 Å². The number of rotatable bonds is 3. The Kier molecular flexibility index (Phi) is 4.33. The Balaban J connectivity index is 1.29. The average Bonchev–Trinajstić information content (AvgIpc) is 2.87. The van der Waals surface area contributed by atoms with Crippen molar-refractivity contribution in [3.8, 4) is 0 Å². The summed E-state index contributed by atoms with van der Waals surface area (Å²) in [5.74, 6) is 3.81. The van der Waals surface area contributed by atoms with Gasteiger partial charge in [0.1, 0.15) is 0 Å². The van der Waals surface area contributed by atoms with Crippen LogP contribution in [0.5, 0.6) is 0 Å². The number of carbonyl (C=O) groups is 1. The van der Waals surface area contributed by atoms with Gasteiger partial charge in [0.15, 0.2) is 0 Å². The minimum absolute atomic E-state index is 0.375. The summed E-state index contributed by atoms with van der Waals surface area (Å²) in [5.41, 5.74) is 1.79. The van der Waals surface area contributed by atoms with E-state index in [2.05, 4.69) is 35.2 Å². The van der Waals surface area contributed by atoms with E-state index >= 15 is 0 Å². The lowest BCUT2D eigenvalue weighted by Crippen LogP contribution is -2.48. The number of hydrogen-bond donors (Lipinski definition) is 0. The van der Waals surface area contributed by atoms with E-state index in [1.54, 1.807) is 0 Å². The monoisotopic (exact) mass is 351 g/mol. The Labute approximate surface area is 158 Å². The maximum atomic E-state index is 13.3. The third-order valence-corrected chi connectivity index (χ3v) is 7.99. The summed E-state index contributed by atoms with van der Waals surface area (Å²) in [7, 11) is 0. The van der Waals surface area contributed by atoms with Crippen molar-refractivity contribution < 1.29 is 4.79 Å². The summed E-state index contributed by atoms with van der Waals surface area (Å²) in [5, 5.41) is 0. The molecule has 1 aromatic rings. The number of likely N-dealkylation sites (tertiary alicyclic amines) is 1. The molecule has 5 aliphatic rings. The predicted octanol–water partition coefficient (Wildman–Crippen LogP) is 5.39. The van der Waals surface area contributed by atoms with Gasteiger partial charge in [-0.05, 0) is 80.1 Å². The van der Waals surface area contributed by atoms with Crippen molar-refractivity contribution in [2.75, 3.05) is 13.1 Å². The zero-order valence-corrected chi connectivity index (χ0v) is 16.0. The first-order valence-corrected chi connectivity index (χ1v) is 11.0. The van der Waals surface area contributed by atoms with Crippen LogP contribution in [-0.2, 0) is 4.79 Å². The van der Waals surface area contributed by atoms with Gasteiger partial charge in [-0.3, -0.25) is 4.79 Å². The number of hydrogen-bond acceptors (Lipinski definition) is 1. The maximum Gasteiger partial charge on any atom is 0.223 e. The summed E-state index contributed by atoms with van der Waals surface area (Å²) >= 11 is 0. The smallest absolute Gasteiger partial charge is 0.223 e. The molecule has 2 heteroatoms. The Morgan fingerprint density at radius 3 is 2.27 bits per heavy atom. The van der Waals surface area contributed by atoms with E-state index < -0.39 is 0 Å². The van der Waals surface area contributed by atoms with Gasteiger partial charge in [0.25, 0.3) is 0 Å². The molecule has 1 amide bonds. The Hall–Kier alpha value is -1.31. The fourth-order valence-electron chi connectivity index (χ4n) is 7.30. The van der Waals surface area contributed by atoms with Gasteiger partial charge >= 0.3 is 0 Å². The summed E-state index contributed by atoms with van der Waals surface area (Å²) < 4.78 is 0. The topological polar surface area (TPSA) is 20.3 Å². The molecule has 26 heavy (non-hydrogen) atoms. The van der Waals surface area contributed by atoms with E-state index in [4.69, 9.17) is 0 Å². The van der Waals surface area contributed by atoms with Crippen molar-refractivity contribution in [2.24, 2.45) is 23.2 Å².